The first-order valence-electron chi connectivity index (χ1n) is 31.6. The number of hydrogen-bond donors (Lipinski definition) is 19. The Labute approximate surface area is 508 Å². The topological polar surface area (TPSA) is 449 Å². The Morgan fingerprint density at radius 1 is 0.372 bits per heavy atom. The lowest BCUT2D eigenvalue weighted by Gasteiger charge is -2.43. The number of rotatable bonds is 56. The minimum Gasteiger partial charge on any atom is -0.506 e. The van der Waals surface area contributed by atoms with Crippen LogP contribution in [0.2, 0.25) is 0 Å². The van der Waals surface area contributed by atoms with Crippen molar-refractivity contribution in [2.45, 2.75) is 292 Å². The van der Waals surface area contributed by atoms with Crippen LogP contribution >= 0.6 is 0 Å². The van der Waals surface area contributed by atoms with Crippen LogP contribution in [-0.2, 0) is 33.2 Å². The lowest BCUT2D eigenvalue weighted by atomic mass is 9.98. The first kappa shape index (κ1) is 81.2. The molecule has 1 aliphatic heterocycles. The lowest BCUT2D eigenvalue weighted by molar-refractivity contribution is -0.330. The number of aliphatic hydroxyl groups excluding tert-OH is 19. The van der Waals surface area contributed by atoms with E-state index in [9.17, 15) is 97.0 Å². The first-order chi connectivity index (χ1) is 41.3. The minimum atomic E-state index is -2.64. The van der Waals surface area contributed by atoms with Crippen molar-refractivity contribution in [3.63, 3.8) is 0 Å². The summed E-state index contributed by atoms with van der Waals surface area (Å²) in [6, 6.07) is 0. The van der Waals surface area contributed by atoms with Gasteiger partial charge in [-0.2, -0.15) is 0 Å². The molecule has 510 valence electrons. The Hall–Kier alpha value is -2.78. The number of unbranched alkanes of at least 4 members (excludes halogenated alkanes) is 24. The highest BCUT2D eigenvalue weighted by atomic mass is 16.7. The molecule has 0 aliphatic carbocycles. The van der Waals surface area contributed by atoms with Gasteiger partial charge in [-0.25, -0.2) is 0 Å². The van der Waals surface area contributed by atoms with Gasteiger partial charge in [0.15, 0.2) is 40.8 Å². The second-order valence-electron chi connectivity index (χ2n) is 22.3. The van der Waals surface area contributed by atoms with Crippen LogP contribution in [0, 0.1) is 0 Å². The molecule has 0 saturated carbocycles. The Morgan fingerprint density at radius 2 is 0.686 bits per heavy atom. The molecule has 0 aromatic heterocycles. The number of aliphatic hydroxyl groups is 19. The molecule has 3 unspecified atom stereocenters. The van der Waals surface area contributed by atoms with Gasteiger partial charge >= 0.3 is 0 Å². The molecule has 26 nitrogen and oxygen atoms in total. The third-order valence-corrected chi connectivity index (χ3v) is 15.1. The standard InChI is InChI=1S/C60H114O26/c1-3-5-7-9-11-13-15-17-19-21-23-25-27-35-80-55(44(84-59(79)53(75)48(70)42(67)31-34-63)38-82-57(77)51(73)46(68)40(65)29-32-61)56(81-36-28-26-24-22-20-18-16-14-12-10-8-6-4-2)45(39-83-58(78)52(74)47(69)41(66)30-33-62)86-60-54(76)50(72)49(71)43(37-64)85-60/h40-45,49-50,54-79H,3-39H2,1-2H3/b51-46-,52-47-,53-48-/t40-,41-,42-,43?,44+,45+,49-,50?,54?,55+,56+,57+,58+,59+,60+/m1/s1. The molecule has 0 aromatic rings. The third-order valence-electron chi connectivity index (χ3n) is 15.1. The maximum absolute atomic E-state index is 11.5. The van der Waals surface area contributed by atoms with Crippen LogP contribution in [0.5, 0.6) is 0 Å². The number of ether oxygens (including phenoxy) is 7. The fourth-order valence-corrected chi connectivity index (χ4v) is 9.71. The molecule has 15 atom stereocenters. The van der Waals surface area contributed by atoms with Gasteiger partial charge < -0.3 is 130 Å². The fourth-order valence-electron chi connectivity index (χ4n) is 9.71. The predicted molar refractivity (Wildman–Crippen MR) is 314 cm³/mol. The Balaban J connectivity index is 4.08. The largest absolute Gasteiger partial charge is 0.506 e. The fraction of sp³-hybridized carbons (Fsp3) is 0.900. The quantitative estimate of drug-likeness (QED) is 0.0223. The van der Waals surface area contributed by atoms with Crippen LogP contribution in [0.4, 0.5) is 0 Å². The van der Waals surface area contributed by atoms with E-state index in [4.69, 9.17) is 33.2 Å². The molecule has 26 heteroatoms. The van der Waals surface area contributed by atoms with Crippen molar-refractivity contribution in [2.75, 3.05) is 52.9 Å². The monoisotopic (exact) mass is 1250 g/mol. The van der Waals surface area contributed by atoms with Crippen LogP contribution in [0.25, 0.3) is 0 Å². The molecule has 0 radical (unpaired) electrons. The Bertz CT molecular complexity index is 1740. The SMILES string of the molecule is CCCCCCCCCCCCCCCO[C@H]([C@@H](OCCCCCCCCCCCCCCC)[C@H](CO[C@H](O)/C(O)=C(/O)[C@H](O)CCO)O[C@H](O)/C(O)=C(/O)[C@H](O)CCO)[C@H](CO[C@H](O)/C(O)=C(/O)[C@H](O)CCO)O[C@@H]1OC(CO)[C@@H](O)C(O)C1O. The molecule has 0 bridgehead atoms. The van der Waals surface area contributed by atoms with Crippen molar-refractivity contribution in [3.05, 3.63) is 34.6 Å². The van der Waals surface area contributed by atoms with E-state index < -0.39 is 186 Å². The van der Waals surface area contributed by atoms with Crippen LogP contribution in [-0.4, -0.2) is 242 Å². The van der Waals surface area contributed by atoms with Crippen LogP contribution in [0.15, 0.2) is 34.6 Å². The van der Waals surface area contributed by atoms with Crippen LogP contribution in [0.1, 0.15) is 200 Å². The van der Waals surface area contributed by atoms with Gasteiger partial charge in [0.1, 0.15) is 67.1 Å². The molecule has 1 heterocycles. The van der Waals surface area contributed by atoms with Gasteiger partial charge in [0.2, 0.25) is 18.9 Å². The van der Waals surface area contributed by atoms with Gasteiger partial charge in [-0.3, -0.25) is 0 Å². The number of hydrogen-bond acceptors (Lipinski definition) is 26. The summed E-state index contributed by atoms with van der Waals surface area (Å²) in [6.07, 6.45) is -6.05. The normalized spacial score (nSPS) is 22.0. The molecular formula is C60H114O26. The van der Waals surface area contributed by atoms with Gasteiger partial charge in [-0.1, -0.05) is 168 Å². The maximum atomic E-state index is 11.5. The zero-order valence-corrected chi connectivity index (χ0v) is 51.2. The summed E-state index contributed by atoms with van der Waals surface area (Å²) >= 11 is 0. The molecule has 1 saturated heterocycles. The Kier molecular flexibility index (Phi) is 47.2. The van der Waals surface area contributed by atoms with Gasteiger partial charge in [-0.05, 0) is 12.8 Å². The predicted octanol–water partition coefficient (Wildman–Crippen LogP) is 4.71. The highest BCUT2D eigenvalue weighted by Gasteiger charge is 2.48. The maximum Gasteiger partial charge on any atom is 0.217 e. The van der Waals surface area contributed by atoms with E-state index in [1.54, 1.807) is 0 Å². The summed E-state index contributed by atoms with van der Waals surface area (Å²) in [5.74, 6) is -7.72. The molecule has 86 heavy (non-hydrogen) atoms. The smallest absolute Gasteiger partial charge is 0.217 e. The summed E-state index contributed by atoms with van der Waals surface area (Å²) in [4.78, 5) is 0. The minimum absolute atomic E-state index is 0.171. The van der Waals surface area contributed by atoms with Crippen molar-refractivity contribution in [1.29, 1.82) is 0 Å². The highest BCUT2D eigenvalue weighted by Crippen LogP contribution is 2.30. The van der Waals surface area contributed by atoms with E-state index in [0.717, 1.165) is 77.0 Å². The average Bonchev–Trinajstić information content (AvgIpc) is 1.70. The van der Waals surface area contributed by atoms with Gasteiger partial charge in [0.05, 0.1) is 19.8 Å². The molecule has 1 fully saturated rings. The van der Waals surface area contributed by atoms with Crippen LogP contribution in [0.3, 0.4) is 0 Å². The van der Waals surface area contributed by atoms with E-state index in [0.29, 0.717) is 25.7 Å². The van der Waals surface area contributed by atoms with Gasteiger partial charge in [0.25, 0.3) is 0 Å². The molecule has 0 amide bonds. The summed E-state index contributed by atoms with van der Waals surface area (Å²) in [6.45, 7) is -0.992. The summed E-state index contributed by atoms with van der Waals surface area (Å²) in [5, 5.41) is 201. The van der Waals surface area contributed by atoms with Gasteiger partial charge in [-0.15, -0.1) is 0 Å². The van der Waals surface area contributed by atoms with E-state index in [2.05, 4.69) is 13.8 Å². The zero-order valence-electron chi connectivity index (χ0n) is 51.2. The second-order valence-corrected chi connectivity index (χ2v) is 22.3. The zero-order chi connectivity index (χ0) is 64.2. The van der Waals surface area contributed by atoms with Crippen molar-refractivity contribution in [3.8, 4) is 0 Å². The van der Waals surface area contributed by atoms with Crippen molar-refractivity contribution >= 4 is 0 Å². The molecule has 0 aromatic carbocycles. The molecule has 1 aliphatic rings. The molecular weight excluding hydrogens is 1140 g/mol. The van der Waals surface area contributed by atoms with Crippen molar-refractivity contribution < 1.29 is 130 Å². The molecule has 0 spiro atoms. The van der Waals surface area contributed by atoms with Gasteiger partial charge in [0, 0.05) is 52.3 Å². The highest BCUT2D eigenvalue weighted by molar-refractivity contribution is 5.08. The van der Waals surface area contributed by atoms with E-state index in [-0.39, 0.29) is 13.2 Å². The van der Waals surface area contributed by atoms with E-state index in [1.807, 2.05) is 0 Å². The second kappa shape index (κ2) is 49.9. The van der Waals surface area contributed by atoms with Crippen LogP contribution < -0.4 is 0 Å². The third kappa shape index (κ3) is 32.8. The molecule has 1 rings (SSSR count). The summed E-state index contributed by atoms with van der Waals surface area (Å²) in [5.41, 5.74) is 0. The average molecular weight is 1250 g/mol. The Morgan fingerprint density at radius 3 is 1.02 bits per heavy atom. The van der Waals surface area contributed by atoms with Crippen molar-refractivity contribution in [1.82, 2.24) is 0 Å². The summed E-state index contributed by atoms with van der Waals surface area (Å²) < 4.78 is 42.2. The van der Waals surface area contributed by atoms with Crippen molar-refractivity contribution in [2.24, 2.45) is 0 Å². The first-order valence-corrected chi connectivity index (χ1v) is 31.6. The molecule has 19 N–H and O–H groups in total. The van der Waals surface area contributed by atoms with E-state index >= 15 is 0 Å². The summed E-state index contributed by atoms with van der Waals surface area (Å²) in [7, 11) is 0. The lowest BCUT2D eigenvalue weighted by Crippen LogP contribution is -2.61. The van der Waals surface area contributed by atoms with E-state index in [1.165, 1.54) is 64.2 Å².